The van der Waals surface area contributed by atoms with Gasteiger partial charge in [-0.25, -0.2) is 0 Å². The molecule has 0 aliphatic heterocycles. The Hall–Kier alpha value is -2.88. The second kappa shape index (κ2) is 12.1. The van der Waals surface area contributed by atoms with Crippen LogP contribution < -0.4 is 5.32 Å². The van der Waals surface area contributed by atoms with Gasteiger partial charge in [0.1, 0.15) is 6.04 Å². The van der Waals surface area contributed by atoms with Crippen LogP contribution in [-0.4, -0.2) is 23.3 Å². The number of hydrogen-bond acceptors (Lipinski definition) is 2. The van der Waals surface area contributed by atoms with Crippen molar-refractivity contribution < 1.29 is 9.59 Å². The van der Waals surface area contributed by atoms with E-state index < -0.39 is 6.04 Å². The number of hydrogen-bond donors (Lipinski definition) is 1. The van der Waals surface area contributed by atoms with E-state index in [1.165, 1.54) is 18.4 Å². The van der Waals surface area contributed by atoms with E-state index in [1.807, 2.05) is 67.6 Å². The number of carbonyl (C=O) groups is 2. The summed E-state index contributed by atoms with van der Waals surface area (Å²) in [7, 11) is 0. The van der Waals surface area contributed by atoms with Crippen LogP contribution in [0.1, 0.15) is 69.0 Å². The minimum Gasteiger partial charge on any atom is -0.354 e. The molecule has 0 spiro atoms. The van der Waals surface area contributed by atoms with Gasteiger partial charge in [0.05, 0.1) is 0 Å². The predicted molar refractivity (Wildman–Crippen MR) is 125 cm³/mol. The van der Waals surface area contributed by atoms with Crippen LogP contribution in [0, 0.1) is 0 Å². The number of allylic oxidation sites excluding steroid dienone is 1. The topological polar surface area (TPSA) is 49.4 Å². The molecule has 0 fully saturated rings. The van der Waals surface area contributed by atoms with Gasteiger partial charge in [0.2, 0.25) is 11.8 Å². The number of benzene rings is 2. The molecule has 1 N–H and O–H groups in total. The maximum Gasteiger partial charge on any atom is 0.247 e. The normalized spacial score (nSPS) is 14.4. The standard InChI is InChI=1S/C27H34N2O2/c1-2-12-25(30)29(21-23-15-8-4-9-16-23)26(24-17-10-5-11-18-24)27(31)28-20-19-22-13-6-3-7-14-22/h4-5,8-11,13,15-18,26H,2-3,6-7,12,14,19-21H2,1H3,(H,28,31)/t26-/m1/s1. The zero-order valence-corrected chi connectivity index (χ0v) is 18.6. The SMILES string of the molecule is CCCC(=O)N(Cc1ccccc1)[C@@H](C(=O)NCCC1=CCCCC1)c1ccccc1. The van der Waals surface area contributed by atoms with Crippen molar-refractivity contribution in [3.8, 4) is 0 Å². The van der Waals surface area contributed by atoms with Crippen LogP contribution >= 0.6 is 0 Å². The van der Waals surface area contributed by atoms with E-state index in [9.17, 15) is 9.59 Å². The van der Waals surface area contributed by atoms with E-state index in [1.54, 1.807) is 4.90 Å². The molecule has 0 heterocycles. The highest BCUT2D eigenvalue weighted by Crippen LogP contribution is 2.25. The zero-order chi connectivity index (χ0) is 21.9. The highest BCUT2D eigenvalue weighted by Gasteiger charge is 2.30. The zero-order valence-electron chi connectivity index (χ0n) is 18.6. The summed E-state index contributed by atoms with van der Waals surface area (Å²) < 4.78 is 0. The van der Waals surface area contributed by atoms with Crippen molar-refractivity contribution in [3.05, 3.63) is 83.4 Å². The fraction of sp³-hybridized carbons (Fsp3) is 0.407. The Morgan fingerprint density at radius 2 is 1.71 bits per heavy atom. The van der Waals surface area contributed by atoms with Crippen molar-refractivity contribution in [1.29, 1.82) is 0 Å². The van der Waals surface area contributed by atoms with Crippen molar-refractivity contribution in [2.24, 2.45) is 0 Å². The van der Waals surface area contributed by atoms with Gasteiger partial charge in [-0.2, -0.15) is 0 Å². The molecule has 2 amide bonds. The first-order chi connectivity index (χ1) is 15.2. The van der Waals surface area contributed by atoms with E-state index >= 15 is 0 Å². The highest BCUT2D eigenvalue weighted by molar-refractivity contribution is 5.88. The minimum atomic E-state index is -0.638. The monoisotopic (exact) mass is 418 g/mol. The summed E-state index contributed by atoms with van der Waals surface area (Å²) in [6.07, 6.45) is 9.16. The van der Waals surface area contributed by atoms with Crippen molar-refractivity contribution in [3.63, 3.8) is 0 Å². The summed E-state index contributed by atoms with van der Waals surface area (Å²) in [6, 6.07) is 18.9. The van der Waals surface area contributed by atoms with Gasteiger partial charge in [0, 0.05) is 19.5 Å². The van der Waals surface area contributed by atoms with Crippen molar-refractivity contribution in [2.75, 3.05) is 6.54 Å². The second-order valence-electron chi connectivity index (χ2n) is 8.22. The summed E-state index contributed by atoms with van der Waals surface area (Å²) in [5.74, 6) is -0.103. The first-order valence-electron chi connectivity index (χ1n) is 11.5. The number of carbonyl (C=O) groups excluding carboxylic acids is 2. The molecule has 31 heavy (non-hydrogen) atoms. The van der Waals surface area contributed by atoms with Crippen LogP contribution in [0.15, 0.2) is 72.3 Å². The summed E-state index contributed by atoms with van der Waals surface area (Å²) in [5, 5.41) is 3.12. The van der Waals surface area contributed by atoms with Gasteiger partial charge in [-0.05, 0) is 49.7 Å². The van der Waals surface area contributed by atoms with Crippen molar-refractivity contribution in [2.45, 2.75) is 64.5 Å². The lowest BCUT2D eigenvalue weighted by Gasteiger charge is -2.32. The van der Waals surface area contributed by atoms with Gasteiger partial charge in [0.25, 0.3) is 0 Å². The summed E-state index contributed by atoms with van der Waals surface area (Å²) in [6.45, 7) is 3.01. The molecule has 0 radical (unpaired) electrons. The molecule has 0 bridgehead atoms. The molecule has 0 aromatic heterocycles. The molecule has 1 atom stereocenters. The third-order valence-corrected chi connectivity index (χ3v) is 5.79. The second-order valence-corrected chi connectivity index (χ2v) is 8.22. The van der Waals surface area contributed by atoms with Gasteiger partial charge in [-0.3, -0.25) is 9.59 Å². The largest absolute Gasteiger partial charge is 0.354 e. The molecule has 4 nitrogen and oxygen atoms in total. The molecule has 2 aromatic rings. The predicted octanol–water partition coefficient (Wildman–Crippen LogP) is 5.56. The highest BCUT2D eigenvalue weighted by atomic mass is 16.2. The molecule has 1 aliphatic rings. The van der Waals surface area contributed by atoms with Crippen LogP contribution in [-0.2, 0) is 16.1 Å². The molecule has 0 unspecified atom stereocenters. The fourth-order valence-corrected chi connectivity index (χ4v) is 4.14. The van der Waals surface area contributed by atoms with Gasteiger partial charge in [-0.15, -0.1) is 0 Å². The Labute approximate surface area is 186 Å². The smallest absolute Gasteiger partial charge is 0.247 e. The molecule has 164 valence electrons. The average molecular weight is 419 g/mol. The Morgan fingerprint density at radius 1 is 1.00 bits per heavy atom. The van der Waals surface area contributed by atoms with Crippen LogP contribution in [0.25, 0.3) is 0 Å². The van der Waals surface area contributed by atoms with Crippen LogP contribution in [0.2, 0.25) is 0 Å². The fourth-order valence-electron chi connectivity index (χ4n) is 4.14. The lowest BCUT2D eigenvalue weighted by molar-refractivity contribution is -0.141. The number of rotatable bonds is 10. The summed E-state index contributed by atoms with van der Waals surface area (Å²) >= 11 is 0. The third-order valence-electron chi connectivity index (χ3n) is 5.79. The molecule has 3 rings (SSSR count). The van der Waals surface area contributed by atoms with Crippen molar-refractivity contribution >= 4 is 11.8 Å². The lowest BCUT2D eigenvalue weighted by atomic mass is 9.97. The Morgan fingerprint density at radius 3 is 2.35 bits per heavy atom. The summed E-state index contributed by atoms with van der Waals surface area (Å²) in [5.41, 5.74) is 3.30. The average Bonchev–Trinajstić information content (AvgIpc) is 2.81. The number of amides is 2. The van der Waals surface area contributed by atoms with Crippen molar-refractivity contribution in [1.82, 2.24) is 10.2 Å². The van der Waals surface area contributed by atoms with Crippen LogP contribution in [0.3, 0.4) is 0 Å². The van der Waals surface area contributed by atoms with E-state index in [0.717, 1.165) is 36.8 Å². The van der Waals surface area contributed by atoms with E-state index in [4.69, 9.17) is 0 Å². The third kappa shape index (κ3) is 6.81. The Bertz CT molecular complexity index is 861. The van der Waals surface area contributed by atoms with Gasteiger partial charge in [-0.1, -0.05) is 79.2 Å². The first kappa shape index (κ1) is 22.8. The quantitative estimate of drug-likeness (QED) is 0.513. The molecular weight excluding hydrogens is 384 g/mol. The number of nitrogens with one attached hydrogen (secondary N) is 1. The Kier molecular flexibility index (Phi) is 8.89. The molecule has 1 aliphatic carbocycles. The summed E-state index contributed by atoms with van der Waals surface area (Å²) in [4.78, 5) is 28.3. The molecular formula is C27H34N2O2. The Balaban J connectivity index is 1.81. The van der Waals surface area contributed by atoms with Gasteiger partial charge < -0.3 is 10.2 Å². The maximum atomic E-state index is 13.4. The van der Waals surface area contributed by atoms with Gasteiger partial charge >= 0.3 is 0 Å². The lowest BCUT2D eigenvalue weighted by Crippen LogP contribution is -2.43. The van der Waals surface area contributed by atoms with Crippen LogP contribution in [0.4, 0.5) is 0 Å². The first-order valence-corrected chi connectivity index (χ1v) is 11.5. The van der Waals surface area contributed by atoms with E-state index in [-0.39, 0.29) is 11.8 Å². The minimum absolute atomic E-state index is 0.00495. The maximum absolute atomic E-state index is 13.4. The van der Waals surface area contributed by atoms with Gasteiger partial charge in [0.15, 0.2) is 0 Å². The van der Waals surface area contributed by atoms with E-state index in [2.05, 4.69) is 11.4 Å². The molecule has 4 heteroatoms. The molecule has 2 aromatic carbocycles. The van der Waals surface area contributed by atoms with Crippen LogP contribution in [0.5, 0.6) is 0 Å². The number of nitrogens with zero attached hydrogens (tertiary/aromatic N) is 1. The molecule has 0 saturated heterocycles. The van der Waals surface area contributed by atoms with E-state index in [0.29, 0.717) is 19.5 Å². The molecule has 0 saturated carbocycles.